The van der Waals surface area contributed by atoms with Gasteiger partial charge in [0, 0.05) is 24.6 Å². The zero-order valence-corrected chi connectivity index (χ0v) is 11.9. The van der Waals surface area contributed by atoms with Gasteiger partial charge in [0.05, 0.1) is 17.2 Å². The van der Waals surface area contributed by atoms with Crippen molar-refractivity contribution in [2.75, 3.05) is 7.11 Å². The third-order valence-electron chi connectivity index (χ3n) is 2.92. The molecule has 0 amide bonds. The molecule has 3 rings (SSSR count). The van der Waals surface area contributed by atoms with Crippen molar-refractivity contribution in [2.45, 2.75) is 32.0 Å². The van der Waals surface area contributed by atoms with Crippen molar-refractivity contribution in [3.8, 4) is 9.88 Å². The van der Waals surface area contributed by atoms with Crippen LogP contribution in [-0.2, 0) is 17.9 Å². The molecule has 1 aliphatic carbocycles. The molecule has 0 aromatic carbocycles. The van der Waals surface area contributed by atoms with Gasteiger partial charge in [-0.15, -0.1) is 22.7 Å². The summed E-state index contributed by atoms with van der Waals surface area (Å²) in [5.74, 6) is 0. The van der Waals surface area contributed by atoms with Crippen LogP contribution >= 0.6 is 22.7 Å². The van der Waals surface area contributed by atoms with Crippen LogP contribution in [0.25, 0.3) is 9.88 Å². The van der Waals surface area contributed by atoms with Gasteiger partial charge >= 0.3 is 0 Å². The number of hydrogen-bond donors (Lipinski definition) is 1. The largest absolute Gasteiger partial charge is 0.378 e. The van der Waals surface area contributed by atoms with Gasteiger partial charge in [-0.1, -0.05) is 6.07 Å². The first-order chi connectivity index (χ1) is 8.86. The van der Waals surface area contributed by atoms with Crippen LogP contribution in [-0.4, -0.2) is 18.1 Å². The monoisotopic (exact) mass is 280 g/mol. The Hall–Kier alpha value is -0.750. The Balaban J connectivity index is 1.80. The van der Waals surface area contributed by atoms with Crippen molar-refractivity contribution in [2.24, 2.45) is 0 Å². The van der Waals surface area contributed by atoms with Crippen LogP contribution < -0.4 is 5.32 Å². The smallest absolute Gasteiger partial charge is 0.134 e. The van der Waals surface area contributed by atoms with Gasteiger partial charge in [0.1, 0.15) is 5.01 Å². The second-order valence-corrected chi connectivity index (χ2v) is 6.49. The maximum Gasteiger partial charge on any atom is 0.134 e. The molecule has 0 spiro atoms. The van der Waals surface area contributed by atoms with E-state index >= 15 is 0 Å². The molecule has 1 aliphatic rings. The fourth-order valence-corrected chi connectivity index (χ4v) is 3.61. The number of hydrogen-bond acceptors (Lipinski definition) is 5. The predicted molar refractivity (Wildman–Crippen MR) is 76.0 cm³/mol. The topological polar surface area (TPSA) is 34.1 Å². The molecule has 0 aliphatic heterocycles. The molecule has 1 fully saturated rings. The van der Waals surface area contributed by atoms with Gasteiger partial charge in [-0.3, -0.25) is 0 Å². The number of rotatable bonds is 6. The van der Waals surface area contributed by atoms with Gasteiger partial charge in [-0.2, -0.15) is 0 Å². The number of thiophene rings is 1. The van der Waals surface area contributed by atoms with E-state index in [1.165, 1.54) is 22.6 Å². The summed E-state index contributed by atoms with van der Waals surface area (Å²) in [4.78, 5) is 7.26. The number of thiazole rings is 1. The molecule has 18 heavy (non-hydrogen) atoms. The average Bonchev–Trinajstić information content (AvgIpc) is 2.90. The van der Waals surface area contributed by atoms with Crippen molar-refractivity contribution in [3.63, 3.8) is 0 Å². The number of nitrogens with one attached hydrogen (secondary N) is 1. The quantitative estimate of drug-likeness (QED) is 0.882. The van der Waals surface area contributed by atoms with Gasteiger partial charge in [0.15, 0.2) is 0 Å². The molecule has 0 unspecified atom stereocenters. The summed E-state index contributed by atoms with van der Waals surface area (Å²) in [5.41, 5.74) is 1.08. The minimum absolute atomic E-state index is 0.601. The first kappa shape index (κ1) is 12.3. The van der Waals surface area contributed by atoms with Gasteiger partial charge in [-0.05, 0) is 24.3 Å². The number of nitrogens with zero attached hydrogens (tertiary/aromatic N) is 1. The van der Waals surface area contributed by atoms with E-state index in [4.69, 9.17) is 9.72 Å². The lowest BCUT2D eigenvalue weighted by Crippen LogP contribution is -2.15. The molecule has 0 atom stereocenters. The molecule has 5 heteroatoms. The van der Waals surface area contributed by atoms with E-state index < -0.39 is 0 Å². The molecule has 2 heterocycles. The van der Waals surface area contributed by atoms with Crippen LogP contribution in [0.3, 0.4) is 0 Å². The Labute approximate surface area is 115 Å². The highest BCUT2D eigenvalue weighted by molar-refractivity contribution is 7.21. The summed E-state index contributed by atoms with van der Waals surface area (Å²) in [6.45, 7) is 1.52. The third-order valence-corrected chi connectivity index (χ3v) is 5.06. The Bertz CT molecular complexity index is 503. The van der Waals surface area contributed by atoms with Gasteiger partial charge in [-0.25, -0.2) is 4.98 Å². The zero-order valence-electron chi connectivity index (χ0n) is 10.3. The molecular weight excluding hydrogens is 264 g/mol. The van der Waals surface area contributed by atoms with E-state index in [0.717, 1.165) is 23.3 Å². The molecule has 0 saturated heterocycles. The van der Waals surface area contributed by atoms with E-state index in [2.05, 4.69) is 22.8 Å². The van der Waals surface area contributed by atoms with Crippen LogP contribution in [0.1, 0.15) is 23.4 Å². The van der Waals surface area contributed by atoms with Crippen LogP contribution in [0.5, 0.6) is 0 Å². The summed E-state index contributed by atoms with van der Waals surface area (Å²) >= 11 is 3.52. The van der Waals surface area contributed by atoms with Crippen molar-refractivity contribution >= 4 is 22.7 Å². The standard InChI is InChI=1S/C13H16N2OS2/c1-16-8-10-12(7-14-9-4-5-9)18-13(15-10)11-3-2-6-17-11/h2-3,6,9,14H,4-5,7-8H2,1H3. The highest BCUT2D eigenvalue weighted by Gasteiger charge is 2.21. The normalized spacial score (nSPS) is 15.2. The molecule has 1 N–H and O–H groups in total. The van der Waals surface area contributed by atoms with Gasteiger partial charge in [0.25, 0.3) is 0 Å². The molecule has 0 radical (unpaired) electrons. The van der Waals surface area contributed by atoms with E-state index in [9.17, 15) is 0 Å². The first-order valence-corrected chi connectivity index (χ1v) is 7.81. The second kappa shape index (κ2) is 5.48. The Kier molecular flexibility index (Phi) is 3.75. The summed E-state index contributed by atoms with van der Waals surface area (Å²) in [6, 6.07) is 4.92. The molecule has 96 valence electrons. The first-order valence-electron chi connectivity index (χ1n) is 6.11. The third kappa shape index (κ3) is 2.80. The average molecular weight is 280 g/mol. The van der Waals surface area contributed by atoms with Crippen LogP contribution in [0.4, 0.5) is 0 Å². The summed E-state index contributed by atoms with van der Waals surface area (Å²) < 4.78 is 5.24. The van der Waals surface area contributed by atoms with E-state index in [1.807, 2.05) is 0 Å². The molecule has 3 nitrogen and oxygen atoms in total. The predicted octanol–water partition coefficient (Wildman–Crippen LogP) is 3.27. The number of aromatic nitrogens is 1. The summed E-state index contributed by atoms with van der Waals surface area (Å²) in [7, 11) is 1.72. The van der Waals surface area contributed by atoms with E-state index in [-0.39, 0.29) is 0 Å². The second-order valence-electron chi connectivity index (χ2n) is 4.45. The van der Waals surface area contributed by atoms with Gasteiger partial charge in [0.2, 0.25) is 0 Å². The van der Waals surface area contributed by atoms with Crippen LogP contribution in [0.15, 0.2) is 17.5 Å². The minimum atomic E-state index is 0.601. The number of ether oxygens (including phenoxy) is 1. The molecular formula is C13H16N2OS2. The highest BCUT2D eigenvalue weighted by Crippen LogP contribution is 2.32. The minimum Gasteiger partial charge on any atom is -0.378 e. The lowest BCUT2D eigenvalue weighted by molar-refractivity contribution is 0.181. The maximum absolute atomic E-state index is 5.24. The van der Waals surface area contributed by atoms with Crippen molar-refractivity contribution in [1.82, 2.24) is 10.3 Å². The van der Waals surface area contributed by atoms with Crippen LogP contribution in [0, 0.1) is 0 Å². The fraction of sp³-hybridized carbons (Fsp3) is 0.462. The lowest BCUT2D eigenvalue weighted by atomic mass is 10.3. The van der Waals surface area contributed by atoms with Crippen LogP contribution in [0.2, 0.25) is 0 Å². The Morgan fingerprint density at radius 2 is 2.39 bits per heavy atom. The van der Waals surface area contributed by atoms with Crippen molar-refractivity contribution in [1.29, 1.82) is 0 Å². The number of methoxy groups -OCH3 is 1. The molecule has 1 saturated carbocycles. The van der Waals surface area contributed by atoms with Gasteiger partial charge < -0.3 is 10.1 Å². The summed E-state index contributed by atoms with van der Waals surface area (Å²) in [6.07, 6.45) is 2.63. The van der Waals surface area contributed by atoms with Crippen molar-refractivity contribution in [3.05, 3.63) is 28.1 Å². The zero-order chi connectivity index (χ0) is 12.4. The maximum atomic E-state index is 5.24. The Morgan fingerprint density at radius 3 is 3.06 bits per heavy atom. The molecule has 2 aromatic rings. The fourth-order valence-electron chi connectivity index (χ4n) is 1.80. The van der Waals surface area contributed by atoms with Crippen molar-refractivity contribution < 1.29 is 4.74 Å². The lowest BCUT2D eigenvalue weighted by Gasteiger charge is -2.02. The highest BCUT2D eigenvalue weighted by atomic mass is 32.1. The van der Waals surface area contributed by atoms with E-state index in [0.29, 0.717) is 6.61 Å². The molecule has 0 bridgehead atoms. The van der Waals surface area contributed by atoms with E-state index in [1.54, 1.807) is 29.8 Å². The summed E-state index contributed by atoms with van der Waals surface area (Å²) in [5, 5.41) is 6.76. The SMILES string of the molecule is COCc1nc(-c2cccs2)sc1CNC1CC1. The molecule has 2 aromatic heterocycles. The Morgan fingerprint density at radius 1 is 1.50 bits per heavy atom.